The molecular weight excluding hydrogens is 621 g/mol. The third-order valence-corrected chi connectivity index (χ3v) is 6.63. The molecule has 3 heterocycles. The molecule has 0 saturated heterocycles. The second kappa shape index (κ2) is 13.6. The van der Waals surface area contributed by atoms with Crippen molar-refractivity contribution in [3.05, 3.63) is 64.6 Å². The van der Waals surface area contributed by atoms with E-state index in [9.17, 15) is 14.0 Å². The van der Waals surface area contributed by atoms with Crippen molar-refractivity contribution in [1.82, 2.24) is 35.3 Å². The largest absolute Gasteiger partial charge is 0.494 e. The first-order valence-corrected chi connectivity index (χ1v) is 14.4. The number of carbonyl (C=O) groups is 2. The minimum absolute atomic E-state index is 0.0288. The van der Waals surface area contributed by atoms with E-state index in [-0.39, 0.29) is 53.1 Å². The van der Waals surface area contributed by atoms with Gasteiger partial charge in [-0.2, -0.15) is 5.10 Å². The molecule has 5 rings (SSSR count). The van der Waals surface area contributed by atoms with Crippen molar-refractivity contribution in [3.8, 4) is 17.1 Å². The van der Waals surface area contributed by atoms with Crippen LogP contribution in [0.1, 0.15) is 65.5 Å². The number of ether oxygens (including phenoxy) is 3. The average molecular weight is 657 g/mol. The Labute approximate surface area is 273 Å². The van der Waals surface area contributed by atoms with E-state index < -0.39 is 30.4 Å². The summed E-state index contributed by atoms with van der Waals surface area (Å²) in [5, 5.41) is 19.4. The molecule has 0 unspecified atom stereocenters. The summed E-state index contributed by atoms with van der Waals surface area (Å²) >= 11 is 6.10. The van der Waals surface area contributed by atoms with Gasteiger partial charge >= 0.3 is 6.09 Å². The summed E-state index contributed by atoms with van der Waals surface area (Å²) in [7, 11) is 1.44. The van der Waals surface area contributed by atoms with Gasteiger partial charge in [0, 0.05) is 17.2 Å². The first kappa shape index (κ1) is 28.6. The zero-order valence-electron chi connectivity index (χ0n) is 28.4. The molecule has 1 fully saturated rings. The highest BCUT2D eigenvalue weighted by atomic mass is 35.5. The molecule has 46 heavy (non-hydrogen) atoms. The lowest BCUT2D eigenvalue weighted by Gasteiger charge is -2.19. The Morgan fingerprint density at radius 3 is 2.67 bits per heavy atom. The highest BCUT2D eigenvalue weighted by Crippen LogP contribution is 2.40. The number of hydrogen-bond acceptors (Lipinski definition) is 11. The SMILES string of the molecule is [2H]C([2H])([2H])NC(=O)c1nnc(Cl)cc1Nc1cc(COCc2nc(NC(=O)OC(C)(C)C)ccc2F)cc(-c2ncn(C3CC3)n2)c1OC. The second-order valence-corrected chi connectivity index (χ2v) is 11.6. The Kier molecular flexibility index (Phi) is 8.46. The number of carbonyl (C=O) groups excluding carboxylic acids is 2. The zero-order chi connectivity index (χ0) is 35.5. The Hall–Kier alpha value is -4.89. The van der Waals surface area contributed by atoms with Crippen LogP contribution < -0.4 is 20.7 Å². The van der Waals surface area contributed by atoms with Crippen molar-refractivity contribution in [3.63, 3.8) is 0 Å². The summed E-state index contributed by atoms with van der Waals surface area (Å²) < 4.78 is 55.5. The minimum atomic E-state index is -2.79. The van der Waals surface area contributed by atoms with Gasteiger partial charge in [0.15, 0.2) is 22.4 Å². The quantitative estimate of drug-likeness (QED) is 0.188. The van der Waals surface area contributed by atoms with Crippen LogP contribution in [0.4, 0.5) is 26.4 Å². The Bertz CT molecular complexity index is 1870. The van der Waals surface area contributed by atoms with Gasteiger partial charge in [0.05, 0.1) is 43.3 Å². The molecule has 3 aromatic heterocycles. The first-order chi connectivity index (χ1) is 23.1. The number of methoxy groups -OCH3 is 1. The summed E-state index contributed by atoms with van der Waals surface area (Å²) in [5.41, 5.74) is 0.183. The van der Waals surface area contributed by atoms with Crippen LogP contribution >= 0.6 is 11.6 Å². The molecular formula is C30H33ClFN9O5. The number of halogens is 2. The molecule has 0 atom stereocenters. The first-order valence-electron chi connectivity index (χ1n) is 15.6. The van der Waals surface area contributed by atoms with Crippen molar-refractivity contribution in [2.75, 3.05) is 24.7 Å². The van der Waals surface area contributed by atoms with Crippen molar-refractivity contribution in [2.45, 2.75) is 58.5 Å². The number of pyridine rings is 1. The van der Waals surface area contributed by atoms with E-state index in [1.54, 1.807) is 43.9 Å². The second-order valence-electron chi connectivity index (χ2n) is 11.3. The fourth-order valence-corrected chi connectivity index (χ4v) is 4.48. The van der Waals surface area contributed by atoms with Crippen LogP contribution in [0.3, 0.4) is 0 Å². The lowest BCUT2D eigenvalue weighted by molar-refractivity contribution is 0.0634. The standard InChI is InChI=1S/C30H33ClFN9O5/c1-30(2,3)46-29(43)37-24-9-8-19(32)22(36-24)14-45-13-16-10-18(27-34-15-41(40-27)17-6-7-17)26(44-5)21(11-16)35-20-12-23(31)38-39-25(20)28(42)33-4/h8-12,15,17H,6-7,13-14H2,1-5H3,(H,33,42)(H,35,38)(H,36,37,43)/i4D3. The molecule has 3 N–H and O–H groups in total. The maximum Gasteiger partial charge on any atom is 0.413 e. The van der Waals surface area contributed by atoms with Crippen LogP contribution in [-0.2, 0) is 22.7 Å². The molecule has 14 nitrogen and oxygen atoms in total. The molecule has 16 heteroatoms. The van der Waals surface area contributed by atoms with Crippen LogP contribution in [0, 0.1) is 5.82 Å². The molecule has 2 amide bonds. The fourth-order valence-electron chi connectivity index (χ4n) is 4.33. The Morgan fingerprint density at radius 1 is 1.15 bits per heavy atom. The number of benzene rings is 1. The van der Waals surface area contributed by atoms with Gasteiger partial charge < -0.3 is 24.8 Å². The molecule has 0 bridgehead atoms. The molecule has 0 spiro atoms. The van der Waals surface area contributed by atoms with Gasteiger partial charge in [-0.3, -0.25) is 10.1 Å². The van der Waals surface area contributed by atoms with E-state index in [1.807, 2.05) is 5.32 Å². The molecule has 4 aromatic rings. The monoisotopic (exact) mass is 656 g/mol. The normalized spacial score (nSPS) is 14.1. The highest BCUT2D eigenvalue weighted by Gasteiger charge is 2.26. The molecule has 1 aliphatic carbocycles. The van der Waals surface area contributed by atoms with E-state index in [1.165, 1.54) is 19.2 Å². The maximum atomic E-state index is 14.7. The number of anilines is 3. The van der Waals surface area contributed by atoms with E-state index in [4.69, 9.17) is 29.9 Å². The van der Waals surface area contributed by atoms with Crippen LogP contribution in [0.25, 0.3) is 11.4 Å². The van der Waals surface area contributed by atoms with Gasteiger partial charge in [0.25, 0.3) is 5.91 Å². The molecule has 242 valence electrons. The van der Waals surface area contributed by atoms with Gasteiger partial charge in [-0.1, -0.05) is 11.6 Å². The fraction of sp³-hybridized carbons (Fsp3) is 0.367. The Morgan fingerprint density at radius 2 is 1.96 bits per heavy atom. The van der Waals surface area contributed by atoms with Gasteiger partial charge in [-0.25, -0.2) is 23.8 Å². The van der Waals surface area contributed by atoms with E-state index in [2.05, 4.69) is 35.9 Å². The van der Waals surface area contributed by atoms with Crippen LogP contribution in [0.5, 0.6) is 5.75 Å². The third kappa shape index (κ3) is 8.03. The predicted molar refractivity (Wildman–Crippen MR) is 167 cm³/mol. The van der Waals surface area contributed by atoms with Gasteiger partial charge in [0.1, 0.15) is 29.3 Å². The smallest absolute Gasteiger partial charge is 0.413 e. The summed E-state index contributed by atoms with van der Waals surface area (Å²) in [6.45, 7) is 2.01. The van der Waals surface area contributed by atoms with Gasteiger partial charge in [-0.15, -0.1) is 10.2 Å². The molecule has 1 saturated carbocycles. The lowest BCUT2D eigenvalue weighted by atomic mass is 10.1. The van der Waals surface area contributed by atoms with E-state index in [0.717, 1.165) is 18.9 Å². The van der Waals surface area contributed by atoms with Gasteiger partial charge in [0.2, 0.25) is 0 Å². The van der Waals surface area contributed by atoms with Crippen LogP contribution in [-0.4, -0.2) is 61.6 Å². The number of nitrogens with one attached hydrogen (secondary N) is 3. The molecule has 0 aliphatic heterocycles. The van der Waals surface area contributed by atoms with Crippen LogP contribution in [0.2, 0.25) is 5.15 Å². The Balaban J connectivity index is 1.44. The summed E-state index contributed by atoms with van der Waals surface area (Å²) in [4.78, 5) is 33.6. The van der Waals surface area contributed by atoms with Crippen LogP contribution in [0.15, 0.2) is 36.7 Å². The molecule has 0 radical (unpaired) electrons. The van der Waals surface area contributed by atoms with Crippen molar-refractivity contribution in [1.29, 1.82) is 0 Å². The number of hydrogen-bond donors (Lipinski definition) is 3. The van der Waals surface area contributed by atoms with E-state index in [0.29, 0.717) is 22.6 Å². The summed E-state index contributed by atoms with van der Waals surface area (Å²) in [5.74, 6) is -0.970. The van der Waals surface area contributed by atoms with Crippen molar-refractivity contribution >= 4 is 40.8 Å². The highest BCUT2D eigenvalue weighted by molar-refractivity contribution is 6.29. The lowest BCUT2D eigenvalue weighted by Crippen LogP contribution is -2.27. The zero-order valence-corrected chi connectivity index (χ0v) is 26.1. The van der Waals surface area contributed by atoms with Crippen molar-refractivity contribution < 1.29 is 32.3 Å². The predicted octanol–water partition coefficient (Wildman–Crippen LogP) is 5.43. The molecule has 1 aliphatic rings. The topological polar surface area (TPSA) is 167 Å². The summed E-state index contributed by atoms with van der Waals surface area (Å²) in [6.07, 6.45) is 2.85. The summed E-state index contributed by atoms with van der Waals surface area (Å²) in [6, 6.07) is 7.39. The number of rotatable bonds is 11. The minimum Gasteiger partial charge on any atom is -0.494 e. The maximum absolute atomic E-state index is 14.7. The van der Waals surface area contributed by atoms with E-state index >= 15 is 0 Å². The van der Waals surface area contributed by atoms with Crippen molar-refractivity contribution in [2.24, 2.45) is 0 Å². The van der Waals surface area contributed by atoms with Gasteiger partial charge in [-0.05, 0) is 63.4 Å². The average Bonchev–Trinajstić information content (AvgIpc) is 3.73. The third-order valence-electron chi connectivity index (χ3n) is 6.44. The number of nitrogens with zero attached hydrogens (tertiary/aromatic N) is 6. The number of amides is 2. The number of aromatic nitrogens is 6. The molecule has 1 aromatic carbocycles.